The smallest absolute Gasteiger partial charge is 0.254 e. The van der Waals surface area contributed by atoms with E-state index in [4.69, 9.17) is 4.98 Å². The first-order valence-electron chi connectivity index (χ1n) is 9.76. The largest absolute Gasteiger partial charge is 0.339 e. The molecular formula is C22H26N4O. The van der Waals surface area contributed by atoms with E-state index in [2.05, 4.69) is 17.2 Å². The normalized spacial score (nSPS) is 13.9. The lowest BCUT2D eigenvalue weighted by Gasteiger charge is -2.22. The van der Waals surface area contributed by atoms with Crippen molar-refractivity contribution >= 4 is 16.9 Å². The van der Waals surface area contributed by atoms with Gasteiger partial charge in [0, 0.05) is 31.7 Å². The van der Waals surface area contributed by atoms with Crippen molar-refractivity contribution in [3.05, 3.63) is 58.9 Å². The number of benzene rings is 1. The summed E-state index contributed by atoms with van der Waals surface area (Å²) in [6.07, 6.45) is 3.18. The monoisotopic (exact) mass is 362 g/mol. The van der Waals surface area contributed by atoms with Crippen LogP contribution in [-0.4, -0.2) is 38.7 Å². The number of likely N-dealkylation sites (N-methyl/N-ethyl adjacent to an activating group) is 1. The number of rotatable bonds is 6. The molecule has 4 rings (SSSR count). The van der Waals surface area contributed by atoms with Crippen molar-refractivity contribution in [1.29, 1.82) is 0 Å². The van der Waals surface area contributed by atoms with Crippen molar-refractivity contribution in [2.75, 3.05) is 13.1 Å². The average molecular weight is 362 g/mol. The van der Waals surface area contributed by atoms with Gasteiger partial charge in [-0.1, -0.05) is 30.3 Å². The standard InChI is InChI=1S/C22H26N4O/c1-4-26(13-12-16-8-6-5-7-9-16)22(27)18-14-19(17-10-11-17)23-21-20(18)15(2)24-25(21)3/h5-9,14,17H,4,10-13H2,1-3H3. The minimum Gasteiger partial charge on any atom is -0.339 e. The third kappa shape index (κ3) is 3.46. The molecule has 0 atom stereocenters. The van der Waals surface area contributed by atoms with E-state index < -0.39 is 0 Å². The fraction of sp³-hybridized carbons (Fsp3) is 0.409. The zero-order valence-corrected chi connectivity index (χ0v) is 16.3. The number of carbonyl (C=O) groups is 1. The molecule has 3 aromatic rings. The van der Waals surface area contributed by atoms with Crippen LogP contribution in [0.25, 0.3) is 11.0 Å². The molecule has 1 aromatic carbocycles. The van der Waals surface area contributed by atoms with E-state index in [9.17, 15) is 4.79 Å². The Hall–Kier alpha value is -2.69. The summed E-state index contributed by atoms with van der Waals surface area (Å²) >= 11 is 0. The van der Waals surface area contributed by atoms with Crippen LogP contribution in [0.2, 0.25) is 0 Å². The molecule has 0 bridgehead atoms. The second-order valence-corrected chi connectivity index (χ2v) is 7.40. The SMILES string of the molecule is CCN(CCc1ccccc1)C(=O)c1cc(C2CC2)nc2c1c(C)nn2C. The van der Waals surface area contributed by atoms with E-state index in [0.29, 0.717) is 19.0 Å². The predicted octanol–water partition coefficient (Wildman–Crippen LogP) is 3.86. The molecule has 0 aliphatic heterocycles. The summed E-state index contributed by atoms with van der Waals surface area (Å²) in [7, 11) is 1.90. The van der Waals surface area contributed by atoms with Gasteiger partial charge in [-0.05, 0) is 44.7 Å². The zero-order chi connectivity index (χ0) is 19.0. The second-order valence-electron chi connectivity index (χ2n) is 7.40. The highest BCUT2D eigenvalue weighted by molar-refractivity contribution is 6.06. The number of amides is 1. The molecule has 0 radical (unpaired) electrons. The van der Waals surface area contributed by atoms with E-state index in [1.54, 1.807) is 4.68 Å². The lowest BCUT2D eigenvalue weighted by molar-refractivity contribution is 0.0768. The Labute approximate surface area is 160 Å². The van der Waals surface area contributed by atoms with Crippen molar-refractivity contribution < 1.29 is 4.79 Å². The van der Waals surface area contributed by atoms with Crippen molar-refractivity contribution in [2.45, 2.75) is 39.0 Å². The van der Waals surface area contributed by atoms with Crippen LogP contribution >= 0.6 is 0 Å². The molecule has 5 nitrogen and oxygen atoms in total. The van der Waals surface area contributed by atoms with Gasteiger partial charge in [0.15, 0.2) is 5.65 Å². The highest BCUT2D eigenvalue weighted by Gasteiger charge is 2.29. The molecule has 0 spiro atoms. The molecule has 2 heterocycles. The molecule has 1 amide bonds. The number of aryl methyl sites for hydroxylation is 2. The lowest BCUT2D eigenvalue weighted by Crippen LogP contribution is -2.33. The molecular weight excluding hydrogens is 336 g/mol. The van der Waals surface area contributed by atoms with Crippen molar-refractivity contribution in [3.63, 3.8) is 0 Å². The van der Waals surface area contributed by atoms with Crippen LogP contribution in [0.4, 0.5) is 0 Å². The number of hydrogen-bond acceptors (Lipinski definition) is 3. The molecule has 1 aliphatic carbocycles. The Balaban J connectivity index is 1.67. The van der Waals surface area contributed by atoms with Gasteiger partial charge < -0.3 is 4.90 Å². The number of pyridine rings is 1. The van der Waals surface area contributed by atoms with Gasteiger partial charge in [-0.2, -0.15) is 5.10 Å². The zero-order valence-electron chi connectivity index (χ0n) is 16.3. The van der Waals surface area contributed by atoms with Gasteiger partial charge in [0.2, 0.25) is 0 Å². The van der Waals surface area contributed by atoms with Gasteiger partial charge in [-0.25, -0.2) is 4.98 Å². The third-order valence-corrected chi connectivity index (χ3v) is 5.40. The molecule has 2 aromatic heterocycles. The minimum atomic E-state index is 0.0823. The van der Waals surface area contributed by atoms with Gasteiger partial charge in [0.25, 0.3) is 5.91 Å². The number of carbonyl (C=O) groups excluding carboxylic acids is 1. The van der Waals surface area contributed by atoms with Crippen LogP contribution in [0.3, 0.4) is 0 Å². The molecule has 0 unspecified atom stereocenters. The fourth-order valence-electron chi connectivity index (χ4n) is 3.70. The maximum Gasteiger partial charge on any atom is 0.254 e. The van der Waals surface area contributed by atoms with Crippen LogP contribution in [0.15, 0.2) is 36.4 Å². The number of fused-ring (bicyclic) bond motifs is 1. The van der Waals surface area contributed by atoms with Crippen LogP contribution < -0.4 is 0 Å². The Morgan fingerprint density at radius 2 is 2.00 bits per heavy atom. The van der Waals surface area contributed by atoms with Crippen LogP contribution in [-0.2, 0) is 13.5 Å². The summed E-state index contributed by atoms with van der Waals surface area (Å²) in [5.74, 6) is 0.578. The average Bonchev–Trinajstić information content (AvgIpc) is 3.49. The highest BCUT2D eigenvalue weighted by atomic mass is 16.2. The third-order valence-electron chi connectivity index (χ3n) is 5.40. The summed E-state index contributed by atoms with van der Waals surface area (Å²) in [5.41, 5.74) is 4.72. The molecule has 1 fully saturated rings. The van der Waals surface area contributed by atoms with Crippen molar-refractivity contribution in [3.8, 4) is 0 Å². The van der Waals surface area contributed by atoms with Gasteiger partial charge in [-0.15, -0.1) is 0 Å². The highest BCUT2D eigenvalue weighted by Crippen LogP contribution is 2.40. The Morgan fingerprint density at radius 3 is 2.67 bits per heavy atom. The second kappa shape index (κ2) is 7.14. The summed E-state index contributed by atoms with van der Waals surface area (Å²) in [5, 5.41) is 5.41. The molecule has 140 valence electrons. The van der Waals surface area contributed by atoms with Gasteiger partial charge in [-0.3, -0.25) is 9.48 Å². The topological polar surface area (TPSA) is 51.0 Å². The summed E-state index contributed by atoms with van der Waals surface area (Å²) in [6.45, 7) is 5.39. The van der Waals surface area contributed by atoms with Crippen molar-refractivity contribution in [1.82, 2.24) is 19.7 Å². The molecule has 1 aliphatic rings. The number of aromatic nitrogens is 3. The summed E-state index contributed by atoms with van der Waals surface area (Å²) in [4.78, 5) is 20.2. The van der Waals surface area contributed by atoms with Crippen LogP contribution in [0.1, 0.15) is 53.0 Å². The molecule has 27 heavy (non-hydrogen) atoms. The Morgan fingerprint density at radius 1 is 1.26 bits per heavy atom. The lowest BCUT2D eigenvalue weighted by atomic mass is 10.1. The Kier molecular flexibility index (Phi) is 4.68. The van der Waals surface area contributed by atoms with E-state index >= 15 is 0 Å². The molecule has 5 heteroatoms. The van der Waals surface area contributed by atoms with E-state index in [1.165, 1.54) is 5.56 Å². The van der Waals surface area contributed by atoms with Crippen LogP contribution in [0, 0.1) is 6.92 Å². The van der Waals surface area contributed by atoms with E-state index in [-0.39, 0.29) is 5.91 Å². The summed E-state index contributed by atoms with van der Waals surface area (Å²) in [6, 6.07) is 12.3. The first-order chi connectivity index (χ1) is 13.1. The summed E-state index contributed by atoms with van der Waals surface area (Å²) < 4.78 is 1.80. The van der Waals surface area contributed by atoms with Gasteiger partial charge >= 0.3 is 0 Å². The fourth-order valence-corrected chi connectivity index (χ4v) is 3.70. The van der Waals surface area contributed by atoms with Gasteiger partial charge in [0.1, 0.15) is 0 Å². The Bertz CT molecular complexity index is 973. The van der Waals surface area contributed by atoms with Crippen molar-refractivity contribution in [2.24, 2.45) is 7.05 Å². The minimum absolute atomic E-state index is 0.0823. The molecule has 0 N–H and O–H groups in total. The van der Waals surface area contributed by atoms with Gasteiger partial charge in [0.05, 0.1) is 16.6 Å². The van der Waals surface area contributed by atoms with Crippen LogP contribution in [0.5, 0.6) is 0 Å². The number of hydrogen-bond donors (Lipinski definition) is 0. The quantitative estimate of drug-likeness (QED) is 0.669. The number of nitrogens with zero attached hydrogens (tertiary/aromatic N) is 4. The van der Waals surface area contributed by atoms with E-state index in [0.717, 1.165) is 47.2 Å². The first-order valence-corrected chi connectivity index (χ1v) is 9.76. The first kappa shape index (κ1) is 17.7. The van der Waals surface area contributed by atoms with E-state index in [1.807, 2.05) is 50.1 Å². The predicted molar refractivity (Wildman–Crippen MR) is 107 cm³/mol. The maximum atomic E-state index is 13.4. The molecule has 0 saturated heterocycles. The maximum absolute atomic E-state index is 13.4. The molecule has 1 saturated carbocycles.